The molecule has 8 heteroatoms. The zero-order chi connectivity index (χ0) is 25.9. The molecule has 0 aliphatic rings. The number of H-pyrrole nitrogens is 1. The van der Waals surface area contributed by atoms with Crippen molar-refractivity contribution in [2.45, 2.75) is 41.0 Å². The number of aromatic amines is 1. The van der Waals surface area contributed by atoms with Gasteiger partial charge in [0.05, 0.1) is 12.8 Å². The number of aliphatic hydroxyl groups is 1. The monoisotopic (exact) mass is 508 g/mol. The van der Waals surface area contributed by atoms with E-state index >= 15 is 0 Å². The maximum Gasteiger partial charge on any atom is 0.169 e. The van der Waals surface area contributed by atoms with E-state index in [9.17, 15) is 9.90 Å². The predicted molar refractivity (Wildman–Crippen MR) is 150 cm³/mol. The van der Waals surface area contributed by atoms with Gasteiger partial charge in [-0.15, -0.1) is 12.4 Å². The lowest BCUT2D eigenvalue weighted by Gasteiger charge is -2.25. The van der Waals surface area contributed by atoms with E-state index in [1.165, 1.54) is 6.08 Å². The summed E-state index contributed by atoms with van der Waals surface area (Å²) in [4.78, 5) is 15.0. The second-order valence-electron chi connectivity index (χ2n) is 7.34. The highest BCUT2D eigenvalue weighted by Crippen LogP contribution is 2.11. The van der Waals surface area contributed by atoms with Crippen molar-refractivity contribution in [3.63, 3.8) is 0 Å². The molecule has 0 radical (unpaired) electrons. The molecule has 1 aromatic heterocycles. The Hall–Kier alpha value is -2.90. The Kier molecular flexibility index (Phi) is 20.0. The standard InChI is InChI=1S/C16H30N2O2.C9H8N2O.C2H6.ClH/c1-7-17(5)10-9-11-18(8-2)14(3)12-16(20-6)13-15(4)19;12-7-9-6-10-11(9)8-4-2-1-3-5-8;1-2;/h12-13,19H,4,7-11H2,1-3,5-6H3;1-7,10H;1-2H3;1H/b14-12+,16-13+;;;. The van der Waals surface area contributed by atoms with Gasteiger partial charge in [-0.3, -0.25) is 14.6 Å². The van der Waals surface area contributed by atoms with E-state index in [4.69, 9.17) is 4.74 Å². The highest BCUT2D eigenvalue weighted by atomic mass is 35.5. The molecule has 0 fully saturated rings. The third kappa shape index (κ3) is 13.5. The summed E-state index contributed by atoms with van der Waals surface area (Å²) in [6, 6.07) is 9.66. The molecule has 0 amide bonds. The lowest BCUT2D eigenvalue weighted by Crippen LogP contribution is -2.27. The quantitative estimate of drug-likeness (QED) is 0.202. The zero-order valence-electron chi connectivity index (χ0n) is 22.5. The molecule has 0 atom stereocenters. The van der Waals surface area contributed by atoms with Gasteiger partial charge < -0.3 is 19.6 Å². The van der Waals surface area contributed by atoms with Gasteiger partial charge in [-0.05, 0) is 58.6 Å². The van der Waals surface area contributed by atoms with E-state index in [0.29, 0.717) is 11.5 Å². The Morgan fingerprint density at radius 3 is 2.20 bits per heavy atom. The van der Waals surface area contributed by atoms with Crippen molar-refractivity contribution in [3.05, 3.63) is 78.2 Å². The molecule has 0 bridgehead atoms. The number of nitrogens with zero attached hydrogens (tertiary/aromatic N) is 3. The zero-order valence-corrected chi connectivity index (χ0v) is 23.3. The molecule has 0 aliphatic heterocycles. The van der Waals surface area contributed by atoms with Crippen LogP contribution in [0.15, 0.2) is 72.5 Å². The van der Waals surface area contributed by atoms with Gasteiger partial charge in [-0.2, -0.15) is 0 Å². The van der Waals surface area contributed by atoms with Gasteiger partial charge in [-0.25, -0.2) is 0 Å². The molecule has 0 unspecified atom stereocenters. The lowest BCUT2D eigenvalue weighted by molar-refractivity contribution is 0.111. The Balaban J connectivity index is 0. The average molecular weight is 509 g/mol. The van der Waals surface area contributed by atoms with E-state index < -0.39 is 0 Å². The van der Waals surface area contributed by atoms with E-state index in [2.05, 4.69) is 49.3 Å². The van der Waals surface area contributed by atoms with Crippen molar-refractivity contribution in [1.29, 1.82) is 0 Å². The number of aromatic nitrogens is 2. The first kappa shape index (κ1) is 34.3. The molecule has 35 heavy (non-hydrogen) atoms. The summed E-state index contributed by atoms with van der Waals surface area (Å²) in [6.45, 7) is 18.0. The van der Waals surface area contributed by atoms with Crippen LogP contribution in [0.2, 0.25) is 0 Å². The second kappa shape index (κ2) is 20.5. The second-order valence-corrected chi connectivity index (χ2v) is 7.34. The first-order chi connectivity index (χ1) is 16.4. The van der Waals surface area contributed by atoms with Crippen LogP contribution in [0.3, 0.4) is 0 Å². The number of allylic oxidation sites excluding steroid dienone is 3. The van der Waals surface area contributed by atoms with Gasteiger partial charge in [0, 0.05) is 31.1 Å². The summed E-state index contributed by atoms with van der Waals surface area (Å²) in [7, 11) is 3.72. The van der Waals surface area contributed by atoms with E-state index in [1.807, 2.05) is 50.3 Å². The number of hydrogen-bond donors (Lipinski definition) is 2. The summed E-state index contributed by atoms with van der Waals surface area (Å²) in [6.07, 6.45) is 7.06. The van der Waals surface area contributed by atoms with Crippen LogP contribution < -0.4 is 0 Å². The van der Waals surface area contributed by atoms with Crippen LogP contribution >= 0.6 is 12.4 Å². The summed E-state index contributed by atoms with van der Waals surface area (Å²) in [5, 5.41) is 12.1. The number of carbonyl (C=O) groups is 1. The molecular formula is C27H45ClN4O3. The van der Waals surface area contributed by atoms with Crippen LogP contribution in [0, 0.1) is 0 Å². The summed E-state index contributed by atoms with van der Waals surface area (Å²) in [5.41, 5.74) is 2.75. The number of rotatable bonds is 12. The van der Waals surface area contributed by atoms with Crippen LogP contribution in [0.4, 0.5) is 0 Å². The molecule has 2 aromatic rings. The van der Waals surface area contributed by atoms with E-state index in [-0.39, 0.29) is 18.2 Å². The Labute approximate surface area is 218 Å². The molecule has 0 spiro atoms. The Morgan fingerprint density at radius 2 is 1.77 bits per heavy atom. The number of nitrogens with one attached hydrogen (secondary N) is 1. The molecule has 1 heterocycles. The average Bonchev–Trinajstić information content (AvgIpc) is 2.82. The normalized spacial score (nSPS) is 10.9. The number of aliphatic hydroxyl groups excluding tert-OH is 1. The van der Waals surface area contributed by atoms with Crippen molar-refractivity contribution in [2.75, 3.05) is 40.3 Å². The minimum atomic E-state index is -0.00137. The van der Waals surface area contributed by atoms with Crippen LogP contribution in [0.5, 0.6) is 0 Å². The van der Waals surface area contributed by atoms with Gasteiger partial charge in [0.2, 0.25) is 0 Å². The summed E-state index contributed by atoms with van der Waals surface area (Å²) >= 11 is 0. The Morgan fingerprint density at radius 1 is 1.14 bits per heavy atom. The molecule has 0 saturated heterocycles. The maximum atomic E-state index is 10.4. The fraction of sp³-hybridized carbons (Fsp3) is 0.444. The fourth-order valence-electron chi connectivity index (χ4n) is 2.99. The number of methoxy groups -OCH3 is 1. The first-order valence-corrected chi connectivity index (χ1v) is 11.9. The number of hydrogen-bond acceptors (Lipinski definition) is 5. The smallest absolute Gasteiger partial charge is 0.169 e. The Bertz CT molecular complexity index is 872. The molecule has 7 nitrogen and oxygen atoms in total. The number of para-hydroxylation sites is 1. The summed E-state index contributed by atoms with van der Waals surface area (Å²) < 4.78 is 6.94. The van der Waals surface area contributed by atoms with Crippen molar-refractivity contribution >= 4 is 18.7 Å². The maximum absolute atomic E-state index is 10.4. The number of aldehydes is 1. The van der Waals surface area contributed by atoms with Crippen molar-refractivity contribution in [1.82, 2.24) is 19.6 Å². The molecule has 2 rings (SSSR count). The van der Waals surface area contributed by atoms with Crippen LogP contribution in [0.1, 0.15) is 51.5 Å². The fourth-order valence-corrected chi connectivity index (χ4v) is 2.99. The van der Waals surface area contributed by atoms with Gasteiger partial charge >= 0.3 is 0 Å². The minimum Gasteiger partial charge on any atom is -0.508 e. The molecule has 198 valence electrons. The predicted octanol–water partition coefficient (Wildman–Crippen LogP) is 6.22. The molecule has 0 aliphatic carbocycles. The van der Waals surface area contributed by atoms with Crippen molar-refractivity contribution < 1.29 is 14.6 Å². The topological polar surface area (TPSA) is 73.7 Å². The van der Waals surface area contributed by atoms with Crippen molar-refractivity contribution in [3.8, 4) is 5.69 Å². The first-order valence-electron chi connectivity index (χ1n) is 11.9. The largest absolute Gasteiger partial charge is 0.508 e. The molecule has 2 N–H and O–H groups in total. The third-order valence-electron chi connectivity index (χ3n) is 5.02. The van der Waals surface area contributed by atoms with Crippen LogP contribution in [-0.4, -0.2) is 71.3 Å². The van der Waals surface area contributed by atoms with Gasteiger partial charge in [0.15, 0.2) is 6.29 Å². The molecule has 0 saturated carbocycles. The van der Waals surface area contributed by atoms with E-state index in [0.717, 1.165) is 50.3 Å². The number of carbonyl (C=O) groups excluding carboxylic acids is 1. The number of ether oxygens (including phenoxy) is 1. The van der Waals surface area contributed by atoms with Gasteiger partial charge in [-0.1, -0.05) is 45.5 Å². The minimum absolute atomic E-state index is 0. The number of halogens is 1. The van der Waals surface area contributed by atoms with Crippen LogP contribution in [0.25, 0.3) is 5.69 Å². The lowest BCUT2D eigenvalue weighted by atomic mass is 10.2. The van der Waals surface area contributed by atoms with E-state index in [1.54, 1.807) is 18.0 Å². The highest BCUT2D eigenvalue weighted by molar-refractivity contribution is 5.85. The van der Waals surface area contributed by atoms with Gasteiger partial charge in [0.1, 0.15) is 17.2 Å². The SMILES string of the molecule is C=C(O)/C=C(\C=C(/C)N(CC)CCCN(C)CC)OC.CC.Cl.O=Cc1c[nH]n1-c1ccccc1. The van der Waals surface area contributed by atoms with Crippen LogP contribution in [-0.2, 0) is 4.74 Å². The summed E-state index contributed by atoms with van der Waals surface area (Å²) in [5.74, 6) is 0.609. The van der Waals surface area contributed by atoms with Gasteiger partial charge in [0.25, 0.3) is 0 Å². The molecule has 1 aromatic carbocycles. The van der Waals surface area contributed by atoms with Crippen molar-refractivity contribution in [2.24, 2.45) is 0 Å². The number of benzene rings is 1. The third-order valence-corrected chi connectivity index (χ3v) is 5.02. The highest BCUT2D eigenvalue weighted by Gasteiger charge is 2.05. The molecular weight excluding hydrogens is 464 g/mol.